The van der Waals surface area contributed by atoms with Gasteiger partial charge in [-0.15, -0.1) is 0 Å². The molecule has 0 saturated carbocycles. The van der Waals surface area contributed by atoms with Crippen molar-refractivity contribution >= 4 is 6.08 Å². The highest BCUT2D eigenvalue weighted by molar-refractivity contribution is 5.48. The molecule has 0 bridgehead atoms. The molecule has 1 heterocycles. The quantitative estimate of drug-likeness (QED) is 0.859. The third-order valence-corrected chi connectivity index (χ3v) is 2.34. The summed E-state index contributed by atoms with van der Waals surface area (Å²) in [5.74, 6) is 0. The van der Waals surface area contributed by atoms with Crippen molar-refractivity contribution in [2.75, 3.05) is 0 Å². The summed E-state index contributed by atoms with van der Waals surface area (Å²) in [7, 11) is 0. The van der Waals surface area contributed by atoms with Crippen LogP contribution in [0.25, 0.3) is 6.08 Å². The molecule has 0 aliphatic heterocycles. The van der Waals surface area contributed by atoms with E-state index < -0.39 is 5.69 Å². The normalized spacial score (nSPS) is 10.8. The lowest BCUT2D eigenvalue weighted by Crippen LogP contribution is -2.33. The number of hydrogen-bond donors (Lipinski definition) is 1. The zero-order valence-corrected chi connectivity index (χ0v) is 9.17. The fourth-order valence-corrected chi connectivity index (χ4v) is 1.48. The second kappa shape index (κ2) is 5.12. The summed E-state index contributed by atoms with van der Waals surface area (Å²) in [6.07, 6.45) is 5.01. The molecule has 0 fully saturated rings. The second-order valence-corrected chi connectivity index (χ2v) is 3.54. The Bertz CT molecular complexity index is 595. The molecule has 2 aromatic rings. The molecule has 86 valence electrons. The van der Waals surface area contributed by atoms with Crippen molar-refractivity contribution in [2.45, 2.75) is 6.54 Å². The number of H-pyrrole nitrogens is 1. The number of allylic oxidation sites excluding steroid dienone is 1. The SMILES string of the molecule is O=c1cc[nH]c(=O)n1C/C=C/c1ccccc1. The van der Waals surface area contributed by atoms with Gasteiger partial charge in [-0.2, -0.15) is 0 Å². The summed E-state index contributed by atoms with van der Waals surface area (Å²) in [6.45, 7) is 0.268. The predicted octanol–water partition coefficient (Wildman–Crippen LogP) is 1.25. The van der Waals surface area contributed by atoms with Crippen molar-refractivity contribution in [2.24, 2.45) is 0 Å². The molecule has 4 heteroatoms. The number of nitrogens with one attached hydrogen (secondary N) is 1. The molecule has 0 aliphatic rings. The monoisotopic (exact) mass is 228 g/mol. The third-order valence-electron chi connectivity index (χ3n) is 2.34. The molecule has 0 amide bonds. The van der Waals surface area contributed by atoms with Crippen LogP contribution in [-0.4, -0.2) is 9.55 Å². The molecule has 0 unspecified atom stereocenters. The van der Waals surface area contributed by atoms with Crippen molar-refractivity contribution in [1.82, 2.24) is 9.55 Å². The first-order valence-electron chi connectivity index (χ1n) is 5.27. The average molecular weight is 228 g/mol. The summed E-state index contributed by atoms with van der Waals surface area (Å²) in [5, 5.41) is 0. The number of hydrogen-bond acceptors (Lipinski definition) is 2. The van der Waals surface area contributed by atoms with E-state index in [-0.39, 0.29) is 12.1 Å². The molecular weight excluding hydrogens is 216 g/mol. The van der Waals surface area contributed by atoms with Gasteiger partial charge in [-0.25, -0.2) is 4.79 Å². The molecule has 0 atom stereocenters. The van der Waals surface area contributed by atoms with E-state index in [1.54, 1.807) is 6.08 Å². The largest absolute Gasteiger partial charge is 0.328 e. The summed E-state index contributed by atoms with van der Waals surface area (Å²) in [4.78, 5) is 25.2. The van der Waals surface area contributed by atoms with Crippen LogP contribution in [0.4, 0.5) is 0 Å². The molecule has 1 N–H and O–H groups in total. The minimum Gasteiger partial charge on any atom is -0.314 e. The van der Waals surface area contributed by atoms with Gasteiger partial charge in [-0.05, 0) is 5.56 Å². The van der Waals surface area contributed by atoms with Crippen LogP contribution in [0.5, 0.6) is 0 Å². The lowest BCUT2D eigenvalue weighted by Gasteiger charge is -1.98. The Morgan fingerprint density at radius 2 is 1.88 bits per heavy atom. The van der Waals surface area contributed by atoms with Crippen molar-refractivity contribution in [3.05, 3.63) is 75.1 Å². The van der Waals surface area contributed by atoms with Crippen LogP contribution in [0.3, 0.4) is 0 Å². The standard InChI is InChI=1S/C13H12N2O2/c16-12-8-9-14-13(17)15(12)10-4-7-11-5-2-1-3-6-11/h1-9H,10H2,(H,14,17)/b7-4+. The van der Waals surface area contributed by atoms with Crippen molar-refractivity contribution < 1.29 is 0 Å². The molecule has 2 rings (SSSR count). The lowest BCUT2D eigenvalue weighted by atomic mass is 10.2. The molecule has 0 radical (unpaired) electrons. The zero-order valence-electron chi connectivity index (χ0n) is 9.17. The second-order valence-electron chi connectivity index (χ2n) is 3.54. The minimum atomic E-state index is -0.393. The van der Waals surface area contributed by atoms with Crippen LogP contribution in [-0.2, 0) is 6.54 Å². The van der Waals surface area contributed by atoms with E-state index in [1.165, 1.54) is 12.3 Å². The Labute approximate surface area is 97.9 Å². The van der Waals surface area contributed by atoms with Gasteiger partial charge in [0.25, 0.3) is 5.56 Å². The highest BCUT2D eigenvalue weighted by Gasteiger charge is 1.96. The fourth-order valence-electron chi connectivity index (χ4n) is 1.48. The van der Waals surface area contributed by atoms with E-state index in [0.717, 1.165) is 10.1 Å². The van der Waals surface area contributed by atoms with Crippen molar-refractivity contribution in [3.8, 4) is 0 Å². The molecule has 0 aliphatic carbocycles. The molecular formula is C13H12N2O2. The van der Waals surface area contributed by atoms with E-state index in [0.29, 0.717) is 0 Å². The van der Waals surface area contributed by atoms with E-state index in [9.17, 15) is 9.59 Å². The Balaban J connectivity index is 2.16. The molecule has 4 nitrogen and oxygen atoms in total. The lowest BCUT2D eigenvalue weighted by molar-refractivity contribution is 0.715. The number of nitrogens with zero attached hydrogens (tertiary/aromatic N) is 1. The molecule has 1 aromatic carbocycles. The van der Waals surface area contributed by atoms with Gasteiger partial charge in [0.1, 0.15) is 0 Å². The van der Waals surface area contributed by atoms with Crippen LogP contribution in [0, 0.1) is 0 Å². The Hall–Kier alpha value is -2.36. The van der Waals surface area contributed by atoms with Gasteiger partial charge in [0, 0.05) is 18.8 Å². The Morgan fingerprint density at radius 3 is 2.59 bits per heavy atom. The molecule has 0 saturated heterocycles. The van der Waals surface area contributed by atoms with Gasteiger partial charge in [-0.3, -0.25) is 9.36 Å². The zero-order chi connectivity index (χ0) is 12.1. The van der Waals surface area contributed by atoms with Gasteiger partial charge in [0.15, 0.2) is 0 Å². The van der Waals surface area contributed by atoms with Gasteiger partial charge < -0.3 is 4.98 Å². The van der Waals surface area contributed by atoms with E-state index in [4.69, 9.17) is 0 Å². The van der Waals surface area contributed by atoms with Crippen molar-refractivity contribution in [1.29, 1.82) is 0 Å². The van der Waals surface area contributed by atoms with Gasteiger partial charge in [-0.1, -0.05) is 42.5 Å². The number of aromatic amines is 1. The first-order chi connectivity index (χ1) is 8.27. The smallest absolute Gasteiger partial charge is 0.314 e. The first-order valence-corrected chi connectivity index (χ1v) is 5.27. The maximum absolute atomic E-state index is 11.4. The van der Waals surface area contributed by atoms with Gasteiger partial charge in [0.05, 0.1) is 0 Å². The predicted molar refractivity (Wildman–Crippen MR) is 66.8 cm³/mol. The van der Waals surface area contributed by atoms with Crippen LogP contribution < -0.4 is 11.2 Å². The van der Waals surface area contributed by atoms with Crippen LogP contribution >= 0.6 is 0 Å². The molecule has 1 aromatic heterocycles. The van der Waals surface area contributed by atoms with Gasteiger partial charge >= 0.3 is 5.69 Å². The summed E-state index contributed by atoms with van der Waals surface area (Å²) >= 11 is 0. The van der Waals surface area contributed by atoms with Crippen LogP contribution in [0.1, 0.15) is 5.56 Å². The maximum Gasteiger partial charge on any atom is 0.328 e. The number of benzene rings is 1. The average Bonchev–Trinajstić information content (AvgIpc) is 2.34. The van der Waals surface area contributed by atoms with Crippen molar-refractivity contribution in [3.63, 3.8) is 0 Å². The van der Waals surface area contributed by atoms with E-state index in [1.807, 2.05) is 36.4 Å². The Morgan fingerprint density at radius 1 is 1.12 bits per heavy atom. The Kier molecular flexibility index (Phi) is 3.35. The molecule has 0 spiro atoms. The van der Waals surface area contributed by atoms with E-state index >= 15 is 0 Å². The van der Waals surface area contributed by atoms with E-state index in [2.05, 4.69) is 4.98 Å². The first kappa shape index (κ1) is 11.1. The van der Waals surface area contributed by atoms with Crippen LogP contribution in [0.15, 0.2) is 58.3 Å². The topological polar surface area (TPSA) is 54.9 Å². The fraction of sp³-hybridized carbons (Fsp3) is 0.0769. The van der Waals surface area contributed by atoms with Gasteiger partial charge in [0.2, 0.25) is 0 Å². The highest BCUT2D eigenvalue weighted by atomic mass is 16.2. The maximum atomic E-state index is 11.4. The summed E-state index contributed by atoms with van der Waals surface area (Å²) < 4.78 is 1.14. The summed E-state index contributed by atoms with van der Waals surface area (Å²) in [6, 6.07) is 11.0. The minimum absolute atomic E-state index is 0.268. The highest BCUT2D eigenvalue weighted by Crippen LogP contribution is 2.00. The molecule has 17 heavy (non-hydrogen) atoms. The van der Waals surface area contributed by atoms with Crippen LogP contribution in [0.2, 0.25) is 0 Å². The summed E-state index contributed by atoms with van der Waals surface area (Å²) in [5.41, 5.74) is 0.342. The number of aromatic nitrogens is 2. The number of rotatable bonds is 3. The third kappa shape index (κ3) is 2.81.